The summed E-state index contributed by atoms with van der Waals surface area (Å²) < 4.78 is 11.1. The Morgan fingerprint density at radius 1 is 1.43 bits per heavy atom. The number of carbonyl (C=O) groups excluding carboxylic acids is 1. The topological polar surface area (TPSA) is 59.0 Å². The van der Waals surface area contributed by atoms with E-state index in [1.165, 1.54) is 0 Å². The van der Waals surface area contributed by atoms with Gasteiger partial charge in [0.2, 0.25) is 0 Å². The van der Waals surface area contributed by atoms with Crippen molar-refractivity contribution in [3.63, 3.8) is 0 Å². The van der Waals surface area contributed by atoms with E-state index in [1.807, 2.05) is 33.8 Å². The molecule has 0 aromatic heterocycles. The molecule has 116 valence electrons. The molecule has 2 rings (SSSR count). The molecule has 1 aliphatic rings. The number of ether oxygens (including phenoxy) is 2. The summed E-state index contributed by atoms with van der Waals surface area (Å²) in [6, 6.07) is 5.19. The van der Waals surface area contributed by atoms with Crippen molar-refractivity contribution in [2.24, 2.45) is 0 Å². The van der Waals surface area contributed by atoms with E-state index in [4.69, 9.17) is 9.47 Å². The molecule has 21 heavy (non-hydrogen) atoms. The standard InChI is InChI=1S/C16H23NO4/c1-11-5-6-12(18)9-13(11)14-10-17(7-8-20-14)15(19)21-16(2,3)4/h5-6,9,14,18H,7-8,10H2,1-4H3. The molecule has 1 aromatic rings. The van der Waals surface area contributed by atoms with Crippen LogP contribution in [0.5, 0.6) is 5.75 Å². The molecule has 1 aliphatic heterocycles. The zero-order valence-corrected chi connectivity index (χ0v) is 13.0. The molecule has 1 N–H and O–H groups in total. The van der Waals surface area contributed by atoms with Crippen molar-refractivity contribution < 1.29 is 19.4 Å². The Labute approximate surface area is 125 Å². The van der Waals surface area contributed by atoms with Gasteiger partial charge >= 0.3 is 6.09 Å². The highest BCUT2D eigenvalue weighted by Crippen LogP contribution is 2.28. The van der Waals surface area contributed by atoms with Crippen LogP contribution in [0.25, 0.3) is 0 Å². The number of hydrogen-bond donors (Lipinski definition) is 1. The first kappa shape index (κ1) is 15.6. The van der Waals surface area contributed by atoms with E-state index in [2.05, 4.69) is 0 Å². The predicted molar refractivity (Wildman–Crippen MR) is 79.3 cm³/mol. The van der Waals surface area contributed by atoms with E-state index in [0.717, 1.165) is 11.1 Å². The Hall–Kier alpha value is -1.75. The molecular formula is C16H23NO4. The predicted octanol–water partition coefficient (Wildman–Crippen LogP) is 3.01. The van der Waals surface area contributed by atoms with Crippen molar-refractivity contribution in [3.8, 4) is 5.75 Å². The van der Waals surface area contributed by atoms with Crippen LogP contribution in [0.1, 0.15) is 38.0 Å². The molecule has 1 heterocycles. The minimum atomic E-state index is -0.508. The van der Waals surface area contributed by atoms with Crippen LogP contribution in [-0.4, -0.2) is 41.4 Å². The van der Waals surface area contributed by atoms with Gasteiger partial charge in [0.05, 0.1) is 13.2 Å². The highest BCUT2D eigenvalue weighted by Gasteiger charge is 2.29. The number of carbonyl (C=O) groups is 1. The summed E-state index contributed by atoms with van der Waals surface area (Å²) in [5, 5.41) is 9.64. The number of phenolic OH excluding ortho intramolecular Hbond substituents is 1. The SMILES string of the molecule is Cc1ccc(O)cc1C1CN(C(=O)OC(C)(C)C)CCO1. The first-order valence-electron chi connectivity index (χ1n) is 7.15. The Balaban J connectivity index is 2.10. The quantitative estimate of drug-likeness (QED) is 0.864. The Kier molecular flexibility index (Phi) is 4.42. The zero-order chi connectivity index (χ0) is 15.6. The smallest absolute Gasteiger partial charge is 0.410 e. The van der Waals surface area contributed by atoms with Crippen LogP contribution >= 0.6 is 0 Å². The lowest BCUT2D eigenvalue weighted by Gasteiger charge is -2.34. The molecular weight excluding hydrogens is 270 g/mol. The van der Waals surface area contributed by atoms with Gasteiger partial charge in [-0.2, -0.15) is 0 Å². The summed E-state index contributed by atoms with van der Waals surface area (Å²) in [5.74, 6) is 0.202. The highest BCUT2D eigenvalue weighted by molar-refractivity contribution is 5.68. The maximum Gasteiger partial charge on any atom is 0.410 e. The summed E-state index contributed by atoms with van der Waals surface area (Å²) in [5.41, 5.74) is 1.43. The molecule has 0 saturated carbocycles. The zero-order valence-electron chi connectivity index (χ0n) is 13.0. The lowest BCUT2D eigenvalue weighted by Crippen LogP contribution is -2.44. The third kappa shape index (κ3) is 4.11. The van der Waals surface area contributed by atoms with Crippen LogP contribution in [0, 0.1) is 6.92 Å². The molecule has 1 atom stereocenters. The molecule has 0 aliphatic carbocycles. The van der Waals surface area contributed by atoms with Crippen molar-refractivity contribution in [2.75, 3.05) is 19.7 Å². The van der Waals surface area contributed by atoms with E-state index in [-0.39, 0.29) is 17.9 Å². The third-order valence-electron chi connectivity index (χ3n) is 3.33. The molecule has 0 radical (unpaired) electrons. The largest absolute Gasteiger partial charge is 0.508 e. The molecule has 0 bridgehead atoms. The maximum atomic E-state index is 12.1. The minimum absolute atomic E-state index is 0.202. The third-order valence-corrected chi connectivity index (χ3v) is 3.33. The monoisotopic (exact) mass is 293 g/mol. The number of morpholine rings is 1. The van der Waals surface area contributed by atoms with Crippen LogP contribution in [0.4, 0.5) is 4.79 Å². The number of benzene rings is 1. The molecule has 1 unspecified atom stereocenters. The average Bonchev–Trinajstić information content (AvgIpc) is 2.40. The minimum Gasteiger partial charge on any atom is -0.508 e. The fourth-order valence-corrected chi connectivity index (χ4v) is 2.30. The first-order valence-corrected chi connectivity index (χ1v) is 7.15. The number of phenols is 1. The van der Waals surface area contributed by atoms with Crippen molar-refractivity contribution in [3.05, 3.63) is 29.3 Å². The highest BCUT2D eigenvalue weighted by atomic mass is 16.6. The van der Waals surface area contributed by atoms with Crippen LogP contribution < -0.4 is 0 Å². The second-order valence-corrected chi connectivity index (χ2v) is 6.33. The Morgan fingerprint density at radius 3 is 2.81 bits per heavy atom. The van der Waals surface area contributed by atoms with Crippen LogP contribution in [-0.2, 0) is 9.47 Å². The van der Waals surface area contributed by atoms with Gasteiger partial charge in [0.1, 0.15) is 17.5 Å². The van der Waals surface area contributed by atoms with E-state index in [1.54, 1.807) is 17.0 Å². The number of rotatable bonds is 1. The van der Waals surface area contributed by atoms with Gasteiger partial charge in [0.25, 0.3) is 0 Å². The fraction of sp³-hybridized carbons (Fsp3) is 0.562. The molecule has 5 heteroatoms. The average molecular weight is 293 g/mol. The van der Waals surface area contributed by atoms with E-state index in [9.17, 15) is 9.90 Å². The summed E-state index contributed by atoms with van der Waals surface area (Å²) in [7, 11) is 0. The summed E-state index contributed by atoms with van der Waals surface area (Å²) >= 11 is 0. The molecule has 1 fully saturated rings. The van der Waals surface area contributed by atoms with Crippen molar-refractivity contribution in [2.45, 2.75) is 39.4 Å². The van der Waals surface area contributed by atoms with E-state index >= 15 is 0 Å². The summed E-state index contributed by atoms with van der Waals surface area (Å²) in [4.78, 5) is 13.8. The van der Waals surface area contributed by atoms with Gasteiger partial charge < -0.3 is 19.5 Å². The number of hydrogen-bond acceptors (Lipinski definition) is 4. The van der Waals surface area contributed by atoms with Gasteiger partial charge in [0.15, 0.2) is 0 Å². The lowest BCUT2D eigenvalue weighted by atomic mass is 10.0. The number of aromatic hydroxyl groups is 1. The van der Waals surface area contributed by atoms with Crippen molar-refractivity contribution >= 4 is 6.09 Å². The maximum absolute atomic E-state index is 12.1. The molecule has 5 nitrogen and oxygen atoms in total. The molecule has 1 aromatic carbocycles. The van der Waals surface area contributed by atoms with Gasteiger partial charge in [-0.3, -0.25) is 0 Å². The van der Waals surface area contributed by atoms with E-state index < -0.39 is 5.60 Å². The van der Waals surface area contributed by atoms with Crippen molar-refractivity contribution in [1.82, 2.24) is 4.90 Å². The van der Waals surface area contributed by atoms with Crippen LogP contribution in [0.3, 0.4) is 0 Å². The molecule has 0 spiro atoms. The fourth-order valence-electron chi connectivity index (χ4n) is 2.30. The van der Waals surface area contributed by atoms with Gasteiger partial charge in [-0.25, -0.2) is 4.79 Å². The Morgan fingerprint density at radius 2 is 2.14 bits per heavy atom. The second kappa shape index (κ2) is 5.93. The molecule has 1 amide bonds. The van der Waals surface area contributed by atoms with Crippen molar-refractivity contribution in [1.29, 1.82) is 0 Å². The summed E-state index contributed by atoms with van der Waals surface area (Å²) in [6.07, 6.45) is -0.563. The first-order chi connectivity index (χ1) is 9.76. The normalized spacial score (nSPS) is 19.4. The molecule has 1 saturated heterocycles. The van der Waals surface area contributed by atoms with Gasteiger partial charge in [-0.1, -0.05) is 6.07 Å². The van der Waals surface area contributed by atoms with Gasteiger partial charge in [0, 0.05) is 6.54 Å². The van der Waals surface area contributed by atoms with Crippen LogP contribution in [0.15, 0.2) is 18.2 Å². The number of aryl methyl sites for hydroxylation is 1. The number of nitrogens with zero attached hydrogens (tertiary/aromatic N) is 1. The second-order valence-electron chi connectivity index (χ2n) is 6.33. The van der Waals surface area contributed by atoms with Gasteiger partial charge in [-0.05, 0) is 51.0 Å². The summed E-state index contributed by atoms with van der Waals surface area (Å²) in [6.45, 7) is 8.92. The van der Waals surface area contributed by atoms with Crippen LogP contribution in [0.2, 0.25) is 0 Å². The van der Waals surface area contributed by atoms with E-state index in [0.29, 0.717) is 19.7 Å². The number of amides is 1. The van der Waals surface area contributed by atoms with Gasteiger partial charge in [-0.15, -0.1) is 0 Å². The Bertz CT molecular complexity index is 521. The lowest BCUT2D eigenvalue weighted by molar-refractivity contribution is -0.0435.